The monoisotopic (exact) mass is 412 g/mol. The van der Waals surface area contributed by atoms with E-state index in [-0.39, 0.29) is 17.8 Å². The number of carbonyl (C=O) groups is 1. The van der Waals surface area contributed by atoms with E-state index in [2.05, 4.69) is 25.3 Å². The fourth-order valence-corrected chi connectivity index (χ4v) is 3.63. The fraction of sp³-hybridized carbons (Fsp3) is 0.150. The van der Waals surface area contributed by atoms with Crippen molar-refractivity contribution >= 4 is 22.8 Å². The standard InChI is InChI=1S/C20H15F3N6O/c21-20(22,23)18-24-8-16(28-18)11-1-3-12(4-2-11)17-9-25-19(30)29(17)13-5-6-14-15(7-13)27-10-26-14/h1-8,10,17H,9H2,(H,24,28)(H,25,30)(H,26,27). The third-order valence-electron chi connectivity index (χ3n) is 5.10. The number of fused-ring (bicyclic) bond motifs is 1. The molecule has 1 atom stereocenters. The fourth-order valence-electron chi connectivity index (χ4n) is 3.63. The summed E-state index contributed by atoms with van der Waals surface area (Å²) in [7, 11) is 0. The average molecular weight is 412 g/mol. The van der Waals surface area contributed by atoms with Crippen molar-refractivity contribution < 1.29 is 18.0 Å². The van der Waals surface area contributed by atoms with Crippen LogP contribution in [0.2, 0.25) is 0 Å². The van der Waals surface area contributed by atoms with Gasteiger partial charge in [0.1, 0.15) is 0 Å². The minimum Gasteiger partial charge on any atom is -0.345 e. The van der Waals surface area contributed by atoms with Crippen LogP contribution in [0.1, 0.15) is 17.4 Å². The van der Waals surface area contributed by atoms with Gasteiger partial charge in [-0.2, -0.15) is 13.2 Å². The number of alkyl halides is 3. The number of imidazole rings is 2. The molecule has 3 heterocycles. The van der Waals surface area contributed by atoms with Crippen molar-refractivity contribution in [1.82, 2.24) is 25.3 Å². The summed E-state index contributed by atoms with van der Waals surface area (Å²) >= 11 is 0. The second-order valence-corrected chi connectivity index (χ2v) is 6.93. The summed E-state index contributed by atoms with van der Waals surface area (Å²) < 4.78 is 38.3. The Morgan fingerprint density at radius 1 is 1.07 bits per heavy atom. The Bertz CT molecular complexity index is 1230. The molecule has 5 rings (SSSR count). The zero-order valence-corrected chi connectivity index (χ0v) is 15.4. The van der Waals surface area contributed by atoms with E-state index in [1.54, 1.807) is 35.5 Å². The molecule has 0 saturated carbocycles. The number of amides is 2. The van der Waals surface area contributed by atoms with E-state index in [0.717, 1.165) is 16.6 Å². The highest BCUT2D eigenvalue weighted by Crippen LogP contribution is 2.33. The highest BCUT2D eigenvalue weighted by Gasteiger charge is 2.35. The normalized spacial score (nSPS) is 17.0. The van der Waals surface area contributed by atoms with Crippen LogP contribution in [-0.2, 0) is 6.18 Å². The molecule has 10 heteroatoms. The van der Waals surface area contributed by atoms with E-state index in [0.29, 0.717) is 17.8 Å². The summed E-state index contributed by atoms with van der Waals surface area (Å²) in [6.45, 7) is 0.414. The minimum absolute atomic E-state index is 0.204. The zero-order chi connectivity index (χ0) is 20.9. The highest BCUT2D eigenvalue weighted by molar-refractivity contribution is 5.97. The van der Waals surface area contributed by atoms with Gasteiger partial charge in [-0.25, -0.2) is 14.8 Å². The van der Waals surface area contributed by atoms with Crippen molar-refractivity contribution in [3.8, 4) is 11.3 Å². The maximum atomic E-state index is 12.8. The van der Waals surface area contributed by atoms with Crippen LogP contribution in [0.25, 0.3) is 22.3 Å². The molecule has 0 bridgehead atoms. The van der Waals surface area contributed by atoms with E-state index in [9.17, 15) is 18.0 Å². The molecule has 2 aromatic heterocycles. The van der Waals surface area contributed by atoms with Crippen LogP contribution in [0.4, 0.5) is 23.7 Å². The Hall–Kier alpha value is -3.82. The van der Waals surface area contributed by atoms with E-state index >= 15 is 0 Å². The van der Waals surface area contributed by atoms with Crippen LogP contribution in [0.5, 0.6) is 0 Å². The van der Waals surface area contributed by atoms with Crippen molar-refractivity contribution in [2.75, 3.05) is 11.4 Å². The third kappa shape index (κ3) is 3.06. The second kappa shape index (κ2) is 6.61. The summed E-state index contributed by atoms with van der Waals surface area (Å²) in [5.41, 5.74) is 3.94. The van der Waals surface area contributed by atoms with E-state index < -0.39 is 12.0 Å². The topological polar surface area (TPSA) is 89.7 Å². The van der Waals surface area contributed by atoms with Gasteiger partial charge in [-0.05, 0) is 23.8 Å². The van der Waals surface area contributed by atoms with E-state index in [1.807, 2.05) is 18.2 Å². The molecule has 4 aromatic rings. The SMILES string of the molecule is O=C1NCC(c2ccc(-c3c[nH]c(C(F)(F)F)n3)cc2)N1c1ccc2[nH]cnc2c1. The first-order valence-electron chi connectivity index (χ1n) is 9.13. The Morgan fingerprint density at radius 3 is 2.60 bits per heavy atom. The Balaban J connectivity index is 1.44. The highest BCUT2D eigenvalue weighted by atomic mass is 19.4. The number of nitrogens with one attached hydrogen (secondary N) is 3. The summed E-state index contributed by atoms with van der Waals surface area (Å²) in [6.07, 6.45) is -1.71. The molecule has 152 valence electrons. The number of aromatic nitrogens is 4. The molecule has 1 aliphatic heterocycles. The summed E-state index contributed by atoms with van der Waals surface area (Å²) in [5, 5.41) is 2.84. The number of H-pyrrole nitrogens is 2. The van der Waals surface area contributed by atoms with Gasteiger partial charge in [0, 0.05) is 24.0 Å². The van der Waals surface area contributed by atoms with Crippen LogP contribution in [0, 0.1) is 0 Å². The predicted octanol–water partition coefficient (Wildman–Crippen LogP) is 4.24. The van der Waals surface area contributed by atoms with Crippen LogP contribution in [0.15, 0.2) is 55.0 Å². The number of halogens is 3. The van der Waals surface area contributed by atoms with Gasteiger partial charge < -0.3 is 15.3 Å². The molecule has 0 aliphatic carbocycles. The molecule has 0 radical (unpaired) electrons. The van der Waals surface area contributed by atoms with Gasteiger partial charge in [-0.15, -0.1) is 0 Å². The quantitative estimate of drug-likeness (QED) is 0.470. The van der Waals surface area contributed by atoms with Gasteiger partial charge >= 0.3 is 12.2 Å². The van der Waals surface area contributed by atoms with Crippen LogP contribution < -0.4 is 10.2 Å². The van der Waals surface area contributed by atoms with Gasteiger partial charge in [-0.3, -0.25) is 4.90 Å². The van der Waals surface area contributed by atoms with Gasteiger partial charge in [-0.1, -0.05) is 24.3 Å². The molecule has 2 aromatic carbocycles. The Kier molecular flexibility index (Phi) is 4.02. The largest absolute Gasteiger partial charge is 0.449 e. The predicted molar refractivity (Wildman–Crippen MR) is 104 cm³/mol. The van der Waals surface area contributed by atoms with Gasteiger partial charge in [0.15, 0.2) is 0 Å². The number of benzene rings is 2. The molecular weight excluding hydrogens is 397 g/mol. The average Bonchev–Trinajstić information content (AvgIpc) is 3.46. The molecule has 1 fully saturated rings. The molecule has 1 unspecified atom stereocenters. The maximum absolute atomic E-state index is 12.8. The van der Waals surface area contributed by atoms with Crippen LogP contribution in [-0.4, -0.2) is 32.5 Å². The molecule has 3 N–H and O–H groups in total. The van der Waals surface area contributed by atoms with Crippen molar-refractivity contribution in [3.05, 3.63) is 66.4 Å². The zero-order valence-electron chi connectivity index (χ0n) is 15.4. The van der Waals surface area contributed by atoms with Crippen molar-refractivity contribution in [1.29, 1.82) is 0 Å². The Labute approximate surface area is 168 Å². The van der Waals surface area contributed by atoms with Crippen molar-refractivity contribution in [2.24, 2.45) is 0 Å². The first-order valence-corrected chi connectivity index (χ1v) is 9.13. The number of hydrogen-bond acceptors (Lipinski definition) is 3. The number of hydrogen-bond donors (Lipinski definition) is 3. The molecule has 2 amide bonds. The lowest BCUT2D eigenvalue weighted by atomic mass is 10.0. The van der Waals surface area contributed by atoms with Crippen LogP contribution >= 0.6 is 0 Å². The molecule has 7 nitrogen and oxygen atoms in total. The van der Waals surface area contributed by atoms with Gasteiger partial charge in [0.2, 0.25) is 5.82 Å². The molecule has 30 heavy (non-hydrogen) atoms. The molecular formula is C20H15F3N6O. The number of nitrogens with zero attached hydrogens (tertiary/aromatic N) is 3. The lowest BCUT2D eigenvalue weighted by Crippen LogP contribution is -2.29. The number of anilines is 1. The molecule has 0 spiro atoms. The van der Waals surface area contributed by atoms with Gasteiger partial charge in [0.05, 0.1) is 29.1 Å². The summed E-state index contributed by atoms with van der Waals surface area (Å²) in [6, 6.07) is 12.0. The Morgan fingerprint density at radius 2 is 1.87 bits per heavy atom. The van der Waals surface area contributed by atoms with Gasteiger partial charge in [0.25, 0.3) is 0 Å². The minimum atomic E-state index is -4.52. The summed E-state index contributed by atoms with van der Waals surface area (Å²) in [4.78, 5) is 27.1. The summed E-state index contributed by atoms with van der Waals surface area (Å²) in [5.74, 6) is -1.04. The second-order valence-electron chi connectivity index (χ2n) is 6.93. The first-order chi connectivity index (χ1) is 14.4. The van der Waals surface area contributed by atoms with Crippen LogP contribution in [0.3, 0.4) is 0 Å². The smallest absolute Gasteiger partial charge is 0.345 e. The first kappa shape index (κ1) is 18.2. The number of urea groups is 1. The number of carbonyl (C=O) groups excluding carboxylic acids is 1. The van der Waals surface area contributed by atoms with Crippen molar-refractivity contribution in [2.45, 2.75) is 12.2 Å². The lowest BCUT2D eigenvalue weighted by Gasteiger charge is -2.23. The third-order valence-corrected chi connectivity index (χ3v) is 5.10. The molecule has 1 saturated heterocycles. The lowest BCUT2D eigenvalue weighted by molar-refractivity contribution is -0.144. The van der Waals surface area contributed by atoms with E-state index in [1.165, 1.54) is 6.20 Å². The number of rotatable bonds is 3. The molecule has 1 aliphatic rings. The number of aromatic amines is 2. The van der Waals surface area contributed by atoms with E-state index in [4.69, 9.17) is 0 Å². The maximum Gasteiger partial charge on any atom is 0.449 e. The van der Waals surface area contributed by atoms with Crippen molar-refractivity contribution in [3.63, 3.8) is 0 Å².